The van der Waals surface area contributed by atoms with Gasteiger partial charge in [-0.15, -0.1) is 21.5 Å². The molecule has 1 aliphatic heterocycles. The molecule has 1 fully saturated rings. The molecule has 0 saturated carbocycles. The van der Waals surface area contributed by atoms with Gasteiger partial charge < -0.3 is 20.0 Å². The van der Waals surface area contributed by atoms with Crippen molar-refractivity contribution in [2.75, 3.05) is 11.9 Å². The van der Waals surface area contributed by atoms with E-state index in [0.717, 1.165) is 30.2 Å². The van der Waals surface area contributed by atoms with E-state index in [0.29, 0.717) is 28.4 Å². The zero-order chi connectivity index (χ0) is 22.1. The lowest BCUT2D eigenvalue weighted by Gasteiger charge is -2.16. The van der Waals surface area contributed by atoms with Gasteiger partial charge in [0.15, 0.2) is 11.0 Å². The molecular formula is C21H22N6O3S2. The van der Waals surface area contributed by atoms with Crippen molar-refractivity contribution >= 4 is 45.7 Å². The number of nitrogens with zero attached hydrogens (tertiary/aromatic N) is 3. The van der Waals surface area contributed by atoms with E-state index in [4.69, 9.17) is 4.74 Å². The highest BCUT2D eigenvalue weighted by molar-refractivity contribution is 8.00. The molecule has 1 aromatic carbocycles. The van der Waals surface area contributed by atoms with Crippen molar-refractivity contribution in [2.45, 2.75) is 42.8 Å². The summed E-state index contributed by atoms with van der Waals surface area (Å²) in [6.45, 7) is 3.28. The van der Waals surface area contributed by atoms with Crippen LogP contribution in [0.2, 0.25) is 0 Å². The Morgan fingerprint density at radius 1 is 1.34 bits per heavy atom. The molecule has 1 amide bonds. The molecule has 0 bridgehead atoms. The number of aromatic amines is 2. The van der Waals surface area contributed by atoms with Gasteiger partial charge in [0.1, 0.15) is 0 Å². The summed E-state index contributed by atoms with van der Waals surface area (Å²) in [5.74, 6) is 0.643. The Hall–Kier alpha value is -2.89. The van der Waals surface area contributed by atoms with Crippen LogP contribution < -0.4 is 11.0 Å². The average molecular weight is 471 g/mol. The van der Waals surface area contributed by atoms with Crippen molar-refractivity contribution in [1.29, 1.82) is 0 Å². The quantitative estimate of drug-likeness (QED) is 0.356. The average Bonchev–Trinajstić information content (AvgIpc) is 3.56. The first-order valence-corrected chi connectivity index (χ1v) is 12.1. The summed E-state index contributed by atoms with van der Waals surface area (Å²) in [7, 11) is 0. The van der Waals surface area contributed by atoms with Gasteiger partial charge in [0.25, 0.3) is 0 Å². The highest BCUT2D eigenvalue weighted by Crippen LogP contribution is 2.31. The Morgan fingerprint density at radius 2 is 2.22 bits per heavy atom. The van der Waals surface area contributed by atoms with Crippen LogP contribution in [0.15, 0.2) is 45.7 Å². The second kappa shape index (κ2) is 8.93. The van der Waals surface area contributed by atoms with Crippen molar-refractivity contribution in [3.05, 3.63) is 46.2 Å². The number of carbonyl (C=O) groups is 1. The molecule has 32 heavy (non-hydrogen) atoms. The number of fused-ring (bicyclic) bond motifs is 1. The standard InChI is InChI=1S/C21H22N6O3S2/c1-12(19(28)22-13-6-7-15-16(10-13)24-20(29)23-15)32-21-26-25-18(17-5-3-9-31-17)27(21)11-14-4-2-8-30-14/h3,5-7,9-10,12,14H,2,4,8,11H2,1H3,(H,22,28)(H2,23,24,29)/t12-,14+/m0/s1. The Labute approximate surface area is 191 Å². The minimum absolute atomic E-state index is 0.128. The van der Waals surface area contributed by atoms with Crippen molar-refractivity contribution in [3.63, 3.8) is 0 Å². The molecule has 5 rings (SSSR count). The van der Waals surface area contributed by atoms with Crippen molar-refractivity contribution < 1.29 is 9.53 Å². The van der Waals surface area contributed by atoms with Crippen LogP contribution in [0.25, 0.3) is 21.7 Å². The molecule has 4 heterocycles. The van der Waals surface area contributed by atoms with Gasteiger partial charge >= 0.3 is 5.69 Å². The number of thioether (sulfide) groups is 1. The first kappa shape index (κ1) is 21.0. The fourth-order valence-electron chi connectivity index (χ4n) is 3.69. The summed E-state index contributed by atoms with van der Waals surface area (Å²) in [6.07, 6.45) is 2.19. The number of carbonyl (C=O) groups excluding carboxylic acids is 1. The van der Waals surface area contributed by atoms with Crippen LogP contribution in [0.1, 0.15) is 19.8 Å². The predicted molar refractivity (Wildman–Crippen MR) is 125 cm³/mol. The highest BCUT2D eigenvalue weighted by atomic mass is 32.2. The van der Waals surface area contributed by atoms with Crippen LogP contribution in [0.5, 0.6) is 0 Å². The van der Waals surface area contributed by atoms with Crippen molar-refractivity contribution in [2.24, 2.45) is 0 Å². The van der Waals surface area contributed by atoms with Crippen LogP contribution in [0.4, 0.5) is 5.69 Å². The van der Waals surface area contributed by atoms with Gasteiger partial charge in [-0.1, -0.05) is 17.8 Å². The molecule has 3 aromatic heterocycles. The molecule has 3 N–H and O–H groups in total. The number of ether oxygens (including phenoxy) is 1. The number of hydrogen-bond donors (Lipinski definition) is 3. The number of hydrogen-bond acceptors (Lipinski definition) is 7. The Bertz CT molecular complexity index is 1290. The summed E-state index contributed by atoms with van der Waals surface area (Å²) < 4.78 is 7.89. The van der Waals surface area contributed by atoms with E-state index in [2.05, 4.69) is 30.0 Å². The SMILES string of the molecule is C[C@H](Sc1nnc(-c2cccs2)n1C[C@H]1CCCO1)C(=O)Nc1ccc2[nH]c(=O)[nH]c2c1. The number of rotatable bonds is 7. The summed E-state index contributed by atoms with van der Waals surface area (Å²) in [6, 6.07) is 9.26. The minimum atomic E-state index is -0.403. The van der Waals surface area contributed by atoms with E-state index in [1.54, 1.807) is 29.5 Å². The molecule has 0 radical (unpaired) electrons. The number of nitrogens with one attached hydrogen (secondary N) is 3. The van der Waals surface area contributed by atoms with Gasteiger partial charge in [0.05, 0.1) is 33.8 Å². The van der Waals surface area contributed by atoms with Crippen LogP contribution >= 0.6 is 23.1 Å². The molecule has 1 aliphatic rings. The summed E-state index contributed by atoms with van der Waals surface area (Å²) in [5.41, 5.74) is 1.67. The predicted octanol–water partition coefficient (Wildman–Crippen LogP) is 3.47. The lowest BCUT2D eigenvalue weighted by atomic mass is 10.2. The van der Waals surface area contributed by atoms with E-state index in [-0.39, 0.29) is 17.7 Å². The molecular weight excluding hydrogens is 448 g/mol. The summed E-state index contributed by atoms with van der Waals surface area (Å²) in [5, 5.41) is 14.0. The number of aromatic nitrogens is 5. The molecule has 4 aromatic rings. The first-order valence-electron chi connectivity index (χ1n) is 10.3. The van der Waals surface area contributed by atoms with Crippen LogP contribution in [0.3, 0.4) is 0 Å². The molecule has 9 nitrogen and oxygen atoms in total. The second-order valence-electron chi connectivity index (χ2n) is 7.62. The second-order valence-corrected chi connectivity index (χ2v) is 9.87. The van der Waals surface area contributed by atoms with Gasteiger partial charge in [0.2, 0.25) is 5.91 Å². The van der Waals surface area contributed by atoms with E-state index in [9.17, 15) is 9.59 Å². The summed E-state index contributed by atoms with van der Waals surface area (Å²) >= 11 is 2.98. The minimum Gasteiger partial charge on any atom is -0.376 e. The maximum Gasteiger partial charge on any atom is 0.323 e. The number of H-pyrrole nitrogens is 2. The largest absolute Gasteiger partial charge is 0.376 e. The Morgan fingerprint density at radius 3 is 3.00 bits per heavy atom. The normalized spacial score (nSPS) is 17.1. The Kier molecular flexibility index (Phi) is 5.85. The number of thiophene rings is 1. The number of benzene rings is 1. The fraction of sp³-hybridized carbons (Fsp3) is 0.333. The van der Waals surface area contributed by atoms with Crippen molar-refractivity contribution in [3.8, 4) is 10.7 Å². The third-order valence-electron chi connectivity index (χ3n) is 5.30. The fourth-order valence-corrected chi connectivity index (χ4v) is 5.26. The van der Waals surface area contributed by atoms with Gasteiger partial charge in [-0.05, 0) is 49.4 Å². The van der Waals surface area contributed by atoms with E-state index >= 15 is 0 Å². The van der Waals surface area contributed by atoms with Gasteiger partial charge in [0, 0.05) is 12.3 Å². The van der Waals surface area contributed by atoms with E-state index < -0.39 is 5.25 Å². The van der Waals surface area contributed by atoms with Gasteiger partial charge in [-0.25, -0.2) is 4.79 Å². The number of amides is 1. The lowest BCUT2D eigenvalue weighted by molar-refractivity contribution is -0.115. The molecule has 0 spiro atoms. The molecule has 11 heteroatoms. The van der Waals surface area contributed by atoms with Gasteiger partial charge in [-0.3, -0.25) is 9.36 Å². The molecule has 166 valence electrons. The zero-order valence-electron chi connectivity index (χ0n) is 17.3. The van der Waals surface area contributed by atoms with Crippen molar-refractivity contribution in [1.82, 2.24) is 24.7 Å². The summed E-state index contributed by atoms with van der Waals surface area (Å²) in [4.78, 5) is 30.7. The van der Waals surface area contributed by atoms with Crippen LogP contribution in [-0.4, -0.2) is 48.6 Å². The molecule has 0 unspecified atom stereocenters. The first-order chi connectivity index (χ1) is 15.6. The molecule has 1 saturated heterocycles. The Balaban J connectivity index is 1.33. The molecule has 2 atom stereocenters. The zero-order valence-corrected chi connectivity index (χ0v) is 19.0. The third kappa shape index (κ3) is 4.36. The number of anilines is 1. The maximum atomic E-state index is 12.9. The van der Waals surface area contributed by atoms with Gasteiger partial charge in [-0.2, -0.15) is 0 Å². The van der Waals surface area contributed by atoms with Crippen LogP contribution in [0, 0.1) is 0 Å². The lowest BCUT2D eigenvalue weighted by Crippen LogP contribution is -2.23. The molecule has 0 aliphatic carbocycles. The topological polar surface area (TPSA) is 118 Å². The maximum absolute atomic E-state index is 12.9. The third-order valence-corrected chi connectivity index (χ3v) is 7.25. The monoisotopic (exact) mass is 470 g/mol. The van der Waals surface area contributed by atoms with E-state index in [1.807, 2.05) is 24.4 Å². The highest BCUT2D eigenvalue weighted by Gasteiger charge is 2.25. The van der Waals surface area contributed by atoms with Crippen LogP contribution in [-0.2, 0) is 16.1 Å². The number of imidazole rings is 1. The van der Waals surface area contributed by atoms with E-state index in [1.165, 1.54) is 11.8 Å². The smallest absolute Gasteiger partial charge is 0.323 e.